The molecular formula is C14H24N2S. The number of unbranched alkanes of at least 4 members (excludes halogenated alkanes) is 3. The highest BCUT2D eigenvalue weighted by Gasteiger charge is 2.15. The summed E-state index contributed by atoms with van der Waals surface area (Å²) in [7, 11) is 2.04. The summed E-state index contributed by atoms with van der Waals surface area (Å²) in [5.41, 5.74) is 1.19. The largest absolute Gasteiger partial charge is 0.312 e. The summed E-state index contributed by atoms with van der Waals surface area (Å²) in [5, 5.41) is 4.58. The molecule has 0 aliphatic heterocycles. The van der Waals surface area contributed by atoms with Crippen LogP contribution in [0.15, 0.2) is 12.7 Å². The minimum absolute atomic E-state index is 0.477. The van der Waals surface area contributed by atoms with Crippen LogP contribution in [0.5, 0.6) is 0 Å². The van der Waals surface area contributed by atoms with Crippen molar-refractivity contribution >= 4 is 11.3 Å². The molecule has 0 saturated carbocycles. The molecule has 0 spiro atoms. The van der Waals surface area contributed by atoms with Crippen molar-refractivity contribution in [2.24, 2.45) is 0 Å². The fraction of sp³-hybridized carbons (Fsp3) is 0.643. The van der Waals surface area contributed by atoms with Crippen molar-refractivity contribution in [2.45, 2.75) is 52.0 Å². The van der Waals surface area contributed by atoms with E-state index in [1.165, 1.54) is 41.3 Å². The van der Waals surface area contributed by atoms with E-state index in [1.54, 1.807) is 0 Å². The lowest BCUT2D eigenvalue weighted by atomic mass is 10.1. The van der Waals surface area contributed by atoms with Crippen molar-refractivity contribution in [2.75, 3.05) is 7.05 Å². The highest BCUT2D eigenvalue weighted by molar-refractivity contribution is 7.11. The molecule has 1 heterocycles. The van der Waals surface area contributed by atoms with E-state index in [-0.39, 0.29) is 0 Å². The van der Waals surface area contributed by atoms with Crippen molar-refractivity contribution in [3.63, 3.8) is 0 Å². The number of aromatic nitrogens is 1. The lowest BCUT2D eigenvalue weighted by molar-refractivity contribution is 0.512. The monoisotopic (exact) mass is 252 g/mol. The molecule has 0 saturated heterocycles. The predicted molar refractivity (Wildman–Crippen MR) is 76.7 cm³/mol. The highest BCUT2D eigenvalue weighted by Crippen LogP contribution is 2.28. The summed E-state index contributed by atoms with van der Waals surface area (Å²) in [6.45, 7) is 7.95. The van der Waals surface area contributed by atoms with Crippen LogP contribution in [0.2, 0.25) is 0 Å². The van der Waals surface area contributed by atoms with Gasteiger partial charge >= 0.3 is 0 Å². The van der Waals surface area contributed by atoms with Crippen molar-refractivity contribution in [3.8, 4) is 0 Å². The SMILES string of the molecule is C=CCCCCCC(NC)c1sc(C)nc1C. The molecule has 1 N–H and O–H groups in total. The summed E-state index contributed by atoms with van der Waals surface area (Å²) < 4.78 is 0. The molecule has 17 heavy (non-hydrogen) atoms. The molecule has 0 bridgehead atoms. The lowest BCUT2D eigenvalue weighted by Crippen LogP contribution is -2.16. The Labute approximate surface area is 109 Å². The molecular weight excluding hydrogens is 228 g/mol. The lowest BCUT2D eigenvalue weighted by Gasteiger charge is -2.14. The van der Waals surface area contributed by atoms with E-state index in [9.17, 15) is 0 Å². The van der Waals surface area contributed by atoms with E-state index in [4.69, 9.17) is 0 Å². The molecule has 0 aliphatic carbocycles. The third kappa shape index (κ3) is 4.60. The normalized spacial score (nSPS) is 12.6. The van der Waals surface area contributed by atoms with Crippen molar-refractivity contribution in [1.29, 1.82) is 0 Å². The van der Waals surface area contributed by atoms with Gasteiger partial charge in [-0.05, 0) is 40.2 Å². The van der Waals surface area contributed by atoms with Crippen LogP contribution < -0.4 is 5.32 Å². The van der Waals surface area contributed by atoms with Gasteiger partial charge in [0.05, 0.1) is 10.7 Å². The standard InChI is InChI=1S/C14H24N2S/c1-5-6-7-8-9-10-13(15-4)14-11(2)16-12(3)17-14/h5,13,15H,1,6-10H2,2-4H3. The number of hydrogen-bond acceptors (Lipinski definition) is 3. The molecule has 1 aromatic heterocycles. The average Bonchev–Trinajstić information content (AvgIpc) is 2.63. The van der Waals surface area contributed by atoms with Crippen LogP contribution in [-0.4, -0.2) is 12.0 Å². The summed E-state index contributed by atoms with van der Waals surface area (Å²) >= 11 is 1.83. The van der Waals surface area contributed by atoms with Gasteiger partial charge in [-0.2, -0.15) is 0 Å². The molecule has 0 fully saturated rings. The number of allylic oxidation sites excluding steroid dienone is 1. The highest BCUT2D eigenvalue weighted by atomic mass is 32.1. The quantitative estimate of drug-likeness (QED) is 0.555. The third-order valence-electron chi connectivity index (χ3n) is 3.01. The molecule has 0 radical (unpaired) electrons. The van der Waals surface area contributed by atoms with Crippen molar-refractivity contribution < 1.29 is 0 Å². The fourth-order valence-corrected chi connectivity index (χ4v) is 3.16. The Balaban J connectivity index is 2.43. The molecule has 96 valence electrons. The molecule has 1 rings (SSSR count). The van der Waals surface area contributed by atoms with E-state index < -0.39 is 0 Å². The second-order valence-corrected chi connectivity index (χ2v) is 5.69. The molecule has 0 aromatic carbocycles. The Bertz CT molecular complexity index is 344. The Morgan fingerprint density at radius 1 is 1.35 bits per heavy atom. The van der Waals surface area contributed by atoms with E-state index >= 15 is 0 Å². The maximum absolute atomic E-state index is 4.50. The predicted octanol–water partition coefficient (Wildman–Crippen LogP) is 4.16. The van der Waals surface area contributed by atoms with E-state index in [2.05, 4.69) is 30.7 Å². The molecule has 1 unspecified atom stereocenters. The number of hydrogen-bond donors (Lipinski definition) is 1. The van der Waals surface area contributed by atoms with Gasteiger partial charge in [-0.15, -0.1) is 17.9 Å². The fourth-order valence-electron chi connectivity index (χ4n) is 2.09. The summed E-state index contributed by atoms with van der Waals surface area (Å²) in [5.74, 6) is 0. The van der Waals surface area contributed by atoms with E-state index in [1.807, 2.05) is 24.5 Å². The second-order valence-electron chi connectivity index (χ2n) is 4.45. The van der Waals surface area contributed by atoms with Crippen LogP contribution in [0.3, 0.4) is 0 Å². The molecule has 1 atom stereocenters. The van der Waals surface area contributed by atoms with Gasteiger partial charge in [0.15, 0.2) is 0 Å². The molecule has 0 aliphatic rings. The zero-order valence-corrected chi connectivity index (χ0v) is 12.1. The number of rotatable bonds is 8. The molecule has 1 aromatic rings. The Hall–Kier alpha value is -0.670. The van der Waals surface area contributed by atoms with Gasteiger partial charge in [0, 0.05) is 10.9 Å². The number of aryl methyl sites for hydroxylation is 2. The smallest absolute Gasteiger partial charge is 0.0900 e. The van der Waals surface area contributed by atoms with Gasteiger partial charge in [-0.1, -0.05) is 18.9 Å². The van der Waals surface area contributed by atoms with Crippen LogP contribution in [-0.2, 0) is 0 Å². The number of nitrogens with one attached hydrogen (secondary N) is 1. The zero-order chi connectivity index (χ0) is 12.7. The summed E-state index contributed by atoms with van der Waals surface area (Å²) in [6.07, 6.45) is 8.18. The van der Waals surface area contributed by atoms with Crippen LogP contribution >= 0.6 is 11.3 Å². The Morgan fingerprint density at radius 2 is 2.12 bits per heavy atom. The van der Waals surface area contributed by atoms with Crippen LogP contribution in [0.25, 0.3) is 0 Å². The molecule has 3 heteroatoms. The number of nitrogens with zero attached hydrogens (tertiary/aromatic N) is 1. The first-order valence-corrected chi connectivity index (χ1v) is 7.22. The maximum Gasteiger partial charge on any atom is 0.0900 e. The first-order chi connectivity index (χ1) is 8.19. The maximum atomic E-state index is 4.50. The van der Waals surface area contributed by atoms with Gasteiger partial charge in [0.25, 0.3) is 0 Å². The van der Waals surface area contributed by atoms with Gasteiger partial charge < -0.3 is 5.32 Å². The first kappa shape index (κ1) is 14.4. The zero-order valence-electron chi connectivity index (χ0n) is 11.3. The van der Waals surface area contributed by atoms with Crippen LogP contribution in [0.1, 0.15) is 53.7 Å². The Morgan fingerprint density at radius 3 is 2.65 bits per heavy atom. The van der Waals surface area contributed by atoms with E-state index in [0.29, 0.717) is 6.04 Å². The van der Waals surface area contributed by atoms with E-state index in [0.717, 1.165) is 6.42 Å². The van der Waals surface area contributed by atoms with Gasteiger partial charge in [0.2, 0.25) is 0 Å². The number of thiazole rings is 1. The third-order valence-corrected chi connectivity index (χ3v) is 4.19. The molecule has 0 amide bonds. The van der Waals surface area contributed by atoms with Crippen molar-refractivity contribution in [1.82, 2.24) is 10.3 Å². The Kier molecular flexibility index (Phi) is 6.45. The van der Waals surface area contributed by atoms with Crippen LogP contribution in [0, 0.1) is 13.8 Å². The van der Waals surface area contributed by atoms with Gasteiger partial charge in [0.1, 0.15) is 0 Å². The topological polar surface area (TPSA) is 24.9 Å². The average molecular weight is 252 g/mol. The second kappa shape index (κ2) is 7.62. The minimum Gasteiger partial charge on any atom is -0.312 e. The minimum atomic E-state index is 0.477. The summed E-state index contributed by atoms with van der Waals surface area (Å²) in [4.78, 5) is 5.91. The first-order valence-electron chi connectivity index (χ1n) is 6.41. The van der Waals surface area contributed by atoms with Gasteiger partial charge in [-0.25, -0.2) is 4.98 Å². The summed E-state index contributed by atoms with van der Waals surface area (Å²) in [6, 6.07) is 0.477. The van der Waals surface area contributed by atoms with Gasteiger partial charge in [-0.3, -0.25) is 0 Å². The van der Waals surface area contributed by atoms with Crippen LogP contribution in [0.4, 0.5) is 0 Å². The molecule has 2 nitrogen and oxygen atoms in total. The van der Waals surface area contributed by atoms with Crippen molar-refractivity contribution in [3.05, 3.63) is 28.2 Å².